The van der Waals surface area contributed by atoms with E-state index in [1.54, 1.807) is 47.8 Å². The summed E-state index contributed by atoms with van der Waals surface area (Å²) in [6.07, 6.45) is 1.73. The van der Waals surface area contributed by atoms with Crippen molar-refractivity contribution in [2.45, 2.75) is 41.3 Å². The molecule has 1 aliphatic carbocycles. The van der Waals surface area contributed by atoms with E-state index < -0.39 is 5.54 Å². The van der Waals surface area contributed by atoms with Gasteiger partial charge in [-0.2, -0.15) is 11.8 Å². The molecule has 2 amide bonds. The van der Waals surface area contributed by atoms with E-state index in [1.807, 2.05) is 36.4 Å². The number of ether oxygens (including phenoxy) is 1. The van der Waals surface area contributed by atoms with Crippen LogP contribution in [0.3, 0.4) is 0 Å². The molecule has 6 atom stereocenters. The molecule has 0 spiro atoms. The second-order valence-electron chi connectivity index (χ2n) is 9.91. The number of methoxy groups -OCH3 is 1. The Kier molecular flexibility index (Phi) is 7.99. The van der Waals surface area contributed by atoms with Gasteiger partial charge in [-0.25, -0.2) is 0 Å². The predicted octanol–water partition coefficient (Wildman–Crippen LogP) is 3.60. The minimum atomic E-state index is -0.904. The molecule has 0 aromatic heterocycles. The van der Waals surface area contributed by atoms with Gasteiger partial charge in [-0.1, -0.05) is 41.6 Å². The maximum Gasteiger partial charge on any atom is 0.305 e. The van der Waals surface area contributed by atoms with Crippen LogP contribution >= 0.6 is 23.5 Å². The first-order valence-electron chi connectivity index (χ1n) is 12.7. The van der Waals surface area contributed by atoms with Crippen molar-refractivity contribution in [2.24, 2.45) is 17.0 Å². The third kappa shape index (κ3) is 4.91. The fourth-order valence-corrected chi connectivity index (χ4v) is 9.94. The average molecular weight is 554 g/mol. The van der Waals surface area contributed by atoms with E-state index in [2.05, 4.69) is 15.8 Å². The summed E-state index contributed by atoms with van der Waals surface area (Å²) in [4.78, 5) is 38.4. The van der Waals surface area contributed by atoms with Gasteiger partial charge in [0.25, 0.3) is 11.8 Å². The number of benzene rings is 2. The molecule has 2 bridgehead atoms. The van der Waals surface area contributed by atoms with Crippen LogP contribution in [0.25, 0.3) is 0 Å². The standard InChI is InChI=1S/C28H31N3O5S2/c1-36-21(32)14-8-13-19-23-22(20(15-37-23)29-26(33)17-9-4-2-5-10-17)28(16-38-24(19)25(28)31-35)30-27(34)18-11-6-3-7-12-18/h2-7,9-12,19-20,22-24,35H,8,13-16H2,1H3,(H,29,33)(H,30,34)/b31-25-/t19-,20+,22-,23-,24+,28+/m1/s1. The Morgan fingerprint density at radius 3 is 2.32 bits per heavy atom. The molecule has 10 heteroatoms. The molecule has 0 radical (unpaired) electrons. The molecule has 2 heterocycles. The monoisotopic (exact) mass is 553 g/mol. The number of hydrogen-bond donors (Lipinski definition) is 3. The molecule has 0 unspecified atom stereocenters. The van der Waals surface area contributed by atoms with Gasteiger partial charge in [0.1, 0.15) is 0 Å². The second kappa shape index (κ2) is 11.4. The van der Waals surface area contributed by atoms with E-state index in [0.717, 1.165) is 6.42 Å². The minimum absolute atomic E-state index is 0.0916. The summed E-state index contributed by atoms with van der Waals surface area (Å²) in [5.41, 5.74) is 0.750. The highest BCUT2D eigenvalue weighted by molar-refractivity contribution is 8.02. The van der Waals surface area contributed by atoms with Gasteiger partial charge in [-0.05, 0) is 43.0 Å². The molecule has 8 nitrogen and oxygen atoms in total. The first kappa shape index (κ1) is 26.6. The summed E-state index contributed by atoms with van der Waals surface area (Å²) >= 11 is 3.47. The van der Waals surface area contributed by atoms with Crippen LogP contribution in [0.1, 0.15) is 40.0 Å². The number of amides is 2. The summed E-state index contributed by atoms with van der Waals surface area (Å²) in [5, 5.41) is 20.6. The summed E-state index contributed by atoms with van der Waals surface area (Å²) in [6.45, 7) is 0. The molecule has 2 aromatic carbocycles. The number of nitrogens with one attached hydrogen (secondary N) is 2. The van der Waals surface area contributed by atoms with E-state index in [9.17, 15) is 19.6 Å². The third-order valence-corrected chi connectivity index (χ3v) is 11.0. The number of carbonyl (C=O) groups is 3. The second-order valence-corrected chi connectivity index (χ2v) is 12.3. The molecular formula is C28H31N3O5S2. The lowest BCUT2D eigenvalue weighted by molar-refractivity contribution is -0.140. The first-order valence-corrected chi connectivity index (χ1v) is 14.8. The Hall–Kier alpha value is -2.98. The summed E-state index contributed by atoms with van der Waals surface area (Å²) in [6, 6.07) is 17.8. The van der Waals surface area contributed by atoms with Crippen molar-refractivity contribution < 1.29 is 24.3 Å². The number of nitrogens with zero attached hydrogens (tertiary/aromatic N) is 1. The van der Waals surface area contributed by atoms with Crippen molar-refractivity contribution in [3.63, 3.8) is 0 Å². The van der Waals surface area contributed by atoms with E-state index in [-0.39, 0.29) is 46.2 Å². The van der Waals surface area contributed by atoms with Crippen LogP contribution < -0.4 is 10.6 Å². The number of esters is 1. The number of fused-ring (bicyclic) bond motifs is 4. The minimum Gasteiger partial charge on any atom is -0.469 e. The normalized spacial score (nSPS) is 30.4. The smallest absolute Gasteiger partial charge is 0.305 e. The van der Waals surface area contributed by atoms with E-state index in [4.69, 9.17) is 4.74 Å². The Bertz CT molecular complexity index is 1210. The zero-order valence-electron chi connectivity index (χ0n) is 21.0. The quantitative estimate of drug-likeness (QED) is 0.260. The van der Waals surface area contributed by atoms with Crippen molar-refractivity contribution in [1.82, 2.24) is 10.6 Å². The number of hydrogen-bond acceptors (Lipinski definition) is 8. The Morgan fingerprint density at radius 2 is 1.68 bits per heavy atom. The largest absolute Gasteiger partial charge is 0.469 e. The number of oxime groups is 1. The maximum absolute atomic E-state index is 13.5. The topological polar surface area (TPSA) is 117 Å². The van der Waals surface area contributed by atoms with Gasteiger partial charge in [0.2, 0.25) is 0 Å². The number of thioether (sulfide) groups is 2. The first-order chi connectivity index (χ1) is 18.5. The Balaban J connectivity index is 1.47. The van der Waals surface area contributed by atoms with Gasteiger partial charge < -0.3 is 20.6 Å². The fourth-order valence-electron chi connectivity index (χ4n) is 6.12. The number of carbonyl (C=O) groups excluding carboxylic acids is 3. The van der Waals surface area contributed by atoms with Crippen molar-refractivity contribution in [1.29, 1.82) is 0 Å². The molecule has 38 heavy (non-hydrogen) atoms. The molecule has 2 aliphatic heterocycles. The lowest BCUT2D eigenvalue weighted by Crippen LogP contribution is -2.69. The van der Waals surface area contributed by atoms with Gasteiger partial charge in [0.15, 0.2) is 0 Å². The fraction of sp³-hybridized carbons (Fsp3) is 0.429. The zero-order valence-corrected chi connectivity index (χ0v) is 22.7. The molecule has 3 aliphatic rings. The van der Waals surface area contributed by atoms with Crippen LogP contribution in [0, 0.1) is 11.8 Å². The van der Waals surface area contributed by atoms with Crippen LogP contribution in [-0.2, 0) is 9.53 Å². The van der Waals surface area contributed by atoms with Crippen molar-refractivity contribution in [3.05, 3.63) is 71.8 Å². The molecular weight excluding hydrogens is 522 g/mol. The average Bonchev–Trinajstić information content (AvgIpc) is 3.50. The van der Waals surface area contributed by atoms with Gasteiger partial charge in [-0.15, -0.1) is 11.8 Å². The lowest BCUT2D eigenvalue weighted by Gasteiger charge is -2.48. The highest BCUT2D eigenvalue weighted by Gasteiger charge is 2.66. The van der Waals surface area contributed by atoms with Gasteiger partial charge in [0, 0.05) is 46.3 Å². The molecule has 200 valence electrons. The van der Waals surface area contributed by atoms with Crippen LogP contribution in [0.5, 0.6) is 0 Å². The highest BCUT2D eigenvalue weighted by Crippen LogP contribution is 2.57. The molecule has 1 saturated carbocycles. The van der Waals surface area contributed by atoms with Crippen LogP contribution in [0.4, 0.5) is 0 Å². The molecule has 2 aromatic rings. The predicted molar refractivity (Wildman–Crippen MR) is 149 cm³/mol. The van der Waals surface area contributed by atoms with Crippen LogP contribution in [0.15, 0.2) is 65.8 Å². The van der Waals surface area contributed by atoms with E-state index in [1.165, 1.54) is 7.11 Å². The SMILES string of the molecule is COC(=O)CCC[C@@H]1[C@H]2SC[C@H](NC(=O)c3ccccc3)[C@H]2[C@@]2(NC(=O)c3ccccc3)CS[C@@H]1/C2=N/O. The summed E-state index contributed by atoms with van der Waals surface area (Å²) < 4.78 is 4.83. The van der Waals surface area contributed by atoms with Crippen molar-refractivity contribution in [2.75, 3.05) is 18.6 Å². The van der Waals surface area contributed by atoms with E-state index in [0.29, 0.717) is 41.2 Å². The number of rotatable bonds is 8. The van der Waals surface area contributed by atoms with Crippen LogP contribution in [-0.4, -0.2) is 69.4 Å². The lowest BCUT2D eigenvalue weighted by atomic mass is 9.64. The van der Waals surface area contributed by atoms with Crippen molar-refractivity contribution >= 4 is 47.0 Å². The Labute approximate surface area is 230 Å². The van der Waals surface area contributed by atoms with Gasteiger partial charge >= 0.3 is 5.97 Å². The summed E-state index contributed by atoms with van der Waals surface area (Å²) in [5.74, 6) is 0.508. The zero-order chi connectivity index (χ0) is 26.7. The Morgan fingerprint density at radius 1 is 1.03 bits per heavy atom. The highest BCUT2D eigenvalue weighted by atomic mass is 32.2. The van der Waals surface area contributed by atoms with Crippen molar-refractivity contribution in [3.8, 4) is 0 Å². The summed E-state index contributed by atoms with van der Waals surface area (Å²) in [7, 11) is 1.39. The van der Waals surface area contributed by atoms with Crippen LogP contribution in [0.2, 0.25) is 0 Å². The van der Waals surface area contributed by atoms with E-state index >= 15 is 0 Å². The molecule has 3 N–H and O–H groups in total. The third-order valence-electron chi connectivity index (χ3n) is 7.83. The van der Waals surface area contributed by atoms with Gasteiger partial charge in [-0.3, -0.25) is 14.4 Å². The molecule has 2 saturated heterocycles. The molecule has 5 rings (SSSR count). The maximum atomic E-state index is 13.5. The molecule has 3 fully saturated rings. The van der Waals surface area contributed by atoms with Gasteiger partial charge in [0.05, 0.1) is 23.6 Å².